The molecule has 0 unspecified atom stereocenters. The lowest BCUT2D eigenvalue weighted by molar-refractivity contribution is -0.133. The van der Waals surface area contributed by atoms with E-state index >= 15 is 0 Å². The number of halogens is 1. The number of benzene rings is 2. The number of anilines is 2. The van der Waals surface area contributed by atoms with Crippen molar-refractivity contribution in [3.63, 3.8) is 0 Å². The Morgan fingerprint density at radius 1 is 0.905 bits per heavy atom. The number of amides is 2. The van der Waals surface area contributed by atoms with Crippen molar-refractivity contribution >= 4 is 39.1 Å². The summed E-state index contributed by atoms with van der Waals surface area (Å²) in [7, 11) is 0. The van der Waals surface area contributed by atoms with Crippen LogP contribution in [-0.4, -0.2) is 11.8 Å². The van der Waals surface area contributed by atoms with Gasteiger partial charge in [-0.3, -0.25) is 9.59 Å². The highest BCUT2D eigenvalue weighted by Crippen LogP contribution is 2.17. The van der Waals surface area contributed by atoms with Gasteiger partial charge in [0.05, 0.1) is 0 Å². The van der Waals surface area contributed by atoms with E-state index in [-0.39, 0.29) is 0 Å². The van der Waals surface area contributed by atoms with E-state index in [1.165, 1.54) is 0 Å². The molecule has 2 aromatic carbocycles. The zero-order valence-corrected chi connectivity index (χ0v) is 13.3. The summed E-state index contributed by atoms with van der Waals surface area (Å²) in [5.41, 5.74) is 3.22. The van der Waals surface area contributed by atoms with Crippen molar-refractivity contribution < 1.29 is 9.59 Å². The normalized spacial score (nSPS) is 10.0. The fourth-order valence-electron chi connectivity index (χ4n) is 1.85. The smallest absolute Gasteiger partial charge is 0.314 e. The molecule has 0 spiro atoms. The molecule has 2 rings (SSSR count). The standard InChI is InChI=1S/C16H15BrN2O2/c1-10-3-8-14(11(2)9-10)19-16(21)15(20)18-13-6-4-12(17)5-7-13/h3-9H,1-2H3,(H,18,20)(H,19,21). The highest BCUT2D eigenvalue weighted by Gasteiger charge is 2.14. The second-order valence-electron chi connectivity index (χ2n) is 4.73. The zero-order valence-electron chi connectivity index (χ0n) is 11.7. The van der Waals surface area contributed by atoms with Crippen molar-refractivity contribution in [3.05, 3.63) is 58.1 Å². The van der Waals surface area contributed by atoms with E-state index in [9.17, 15) is 9.59 Å². The summed E-state index contributed by atoms with van der Waals surface area (Å²) in [6.07, 6.45) is 0. The highest BCUT2D eigenvalue weighted by molar-refractivity contribution is 9.10. The molecule has 0 aliphatic carbocycles. The highest BCUT2D eigenvalue weighted by atomic mass is 79.9. The summed E-state index contributed by atoms with van der Waals surface area (Å²) in [6, 6.07) is 12.6. The molecule has 108 valence electrons. The lowest BCUT2D eigenvalue weighted by atomic mass is 10.1. The van der Waals surface area contributed by atoms with Crippen LogP contribution in [0.15, 0.2) is 46.9 Å². The van der Waals surface area contributed by atoms with Gasteiger partial charge < -0.3 is 10.6 Å². The average molecular weight is 347 g/mol. The molecule has 2 aromatic rings. The van der Waals surface area contributed by atoms with E-state index in [1.54, 1.807) is 30.3 Å². The van der Waals surface area contributed by atoms with Crippen molar-refractivity contribution in [1.29, 1.82) is 0 Å². The Morgan fingerprint density at radius 3 is 2.14 bits per heavy atom. The largest absolute Gasteiger partial charge is 0.318 e. The lowest BCUT2D eigenvalue weighted by Crippen LogP contribution is -2.29. The Hall–Kier alpha value is -2.14. The van der Waals surface area contributed by atoms with Gasteiger partial charge in [0.2, 0.25) is 0 Å². The van der Waals surface area contributed by atoms with Gasteiger partial charge in [-0.1, -0.05) is 33.6 Å². The molecule has 0 fully saturated rings. The third-order valence-electron chi connectivity index (χ3n) is 2.94. The molecule has 0 radical (unpaired) electrons. The molecule has 2 amide bonds. The van der Waals surface area contributed by atoms with Gasteiger partial charge in [0.15, 0.2) is 0 Å². The number of carbonyl (C=O) groups is 2. The maximum absolute atomic E-state index is 11.9. The molecule has 0 aromatic heterocycles. The van der Waals surface area contributed by atoms with Crippen LogP contribution in [-0.2, 0) is 9.59 Å². The summed E-state index contributed by atoms with van der Waals surface area (Å²) in [5, 5.41) is 5.16. The quantitative estimate of drug-likeness (QED) is 0.815. The van der Waals surface area contributed by atoms with Crippen LogP contribution >= 0.6 is 15.9 Å². The van der Waals surface area contributed by atoms with Crippen LogP contribution < -0.4 is 10.6 Å². The van der Waals surface area contributed by atoms with Crippen LogP contribution in [0.25, 0.3) is 0 Å². The van der Waals surface area contributed by atoms with Crippen molar-refractivity contribution in [2.24, 2.45) is 0 Å². The van der Waals surface area contributed by atoms with Crippen LogP contribution in [0, 0.1) is 13.8 Å². The minimum absolute atomic E-state index is 0.568. The summed E-state index contributed by atoms with van der Waals surface area (Å²) >= 11 is 3.31. The molecular formula is C16H15BrN2O2. The average Bonchev–Trinajstić information content (AvgIpc) is 2.44. The minimum Gasteiger partial charge on any atom is -0.318 e. The minimum atomic E-state index is -0.697. The first-order valence-corrected chi connectivity index (χ1v) is 7.20. The molecule has 0 heterocycles. The first kappa shape index (κ1) is 15.3. The van der Waals surface area contributed by atoms with E-state index in [1.807, 2.05) is 26.0 Å². The Morgan fingerprint density at radius 2 is 1.52 bits per heavy atom. The molecule has 0 saturated carbocycles. The van der Waals surface area contributed by atoms with Crippen LogP contribution in [0.2, 0.25) is 0 Å². The molecule has 0 bridgehead atoms. The van der Waals surface area contributed by atoms with Crippen LogP contribution in [0.4, 0.5) is 11.4 Å². The van der Waals surface area contributed by atoms with E-state index in [2.05, 4.69) is 26.6 Å². The maximum Gasteiger partial charge on any atom is 0.314 e. The van der Waals surface area contributed by atoms with Crippen molar-refractivity contribution in [2.75, 3.05) is 10.6 Å². The van der Waals surface area contributed by atoms with E-state index in [0.717, 1.165) is 15.6 Å². The van der Waals surface area contributed by atoms with E-state index < -0.39 is 11.8 Å². The monoisotopic (exact) mass is 346 g/mol. The first-order valence-electron chi connectivity index (χ1n) is 6.41. The van der Waals surface area contributed by atoms with E-state index in [0.29, 0.717) is 11.4 Å². The number of hydrogen-bond acceptors (Lipinski definition) is 2. The van der Waals surface area contributed by atoms with E-state index in [4.69, 9.17) is 0 Å². The lowest BCUT2D eigenvalue weighted by Gasteiger charge is -2.09. The zero-order chi connectivity index (χ0) is 15.4. The third-order valence-corrected chi connectivity index (χ3v) is 3.47. The predicted octanol–water partition coefficient (Wildman–Crippen LogP) is 3.64. The van der Waals surface area contributed by atoms with Crippen molar-refractivity contribution in [3.8, 4) is 0 Å². The van der Waals surface area contributed by atoms with Crippen LogP contribution in [0.5, 0.6) is 0 Å². The number of nitrogens with one attached hydrogen (secondary N) is 2. The Balaban J connectivity index is 2.02. The van der Waals surface area contributed by atoms with Gasteiger partial charge in [-0.25, -0.2) is 0 Å². The summed E-state index contributed by atoms with van der Waals surface area (Å²) < 4.78 is 0.903. The Bertz CT molecular complexity index is 681. The first-order chi connectivity index (χ1) is 9.95. The molecule has 0 saturated heterocycles. The summed E-state index contributed by atoms with van der Waals surface area (Å²) in [6.45, 7) is 3.86. The topological polar surface area (TPSA) is 58.2 Å². The van der Waals surface area contributed by atoms with Gasteiger partial charge in [-0.05, 0) is 49.7 Å². The summed E-state index contributed by atoms with van der Waals surface area (Å²) in [4.78, 5) is 23.7. The third kappa shape index (κ3) is 4.16. The molecule has 21 heavy (non-hydrogen) atoms. The van der Waals surface area contributed by atoms with Crippen LogP contribution in [0.3, 0.4) is 0 Å². The predicted molar refractivity (Wildman–Crippen MR) is 87.3 cm³/mol. The number of aryl methyl sites for hydroxylation is 2. The van der Waals surface area contributed by atoms with Gasteiger partial charge in [0.1, 0.15) is 0 Å². The molecule has 0 atom stereocenters. The molecule has 5 heteroatoms. The van der Waals surface area contributed by atoms with Gasteiger partial charge in [-0.15, -0.1) is 0 Å². The van der Waals surface area contributed by atoms with Crippen LogP contribution in [0.1, 0.15) is 11.1 Å². The van der Waals surface area contributed by atoms with Gasteiger partial charge in [0, 0.05) is 15.8 Å². The second-order valence-corrected chi connectivity index (χ2v) is 5.65. The number of carbonyl (C=O) groups excluding carboxylic acids is 2. The van der Waals surface area contributed by atoms with Gasteiger partial charge >= 0.3 is 11.8 Å². The van der Waals surface area contributed by atoms with Crippen molar-refractivity contribution in [1.82, 2.24) is 0 Å². The van der Waals surface area contributed by atoms with Gasteiger partial charge in [0.25, 0.3) is 0 Å². The molecular weight excluding hydrogens is 332 g/mol. The Kier molecular flexibility index (Phi) is 4.75. The SMILES string of the molecule is Cc1ccc(NC(=O)C(=O)Nc2ccc(Br)cc2)c(C)c1. The maximum atomic E-state index is 11.9. The molecule has 0 aliphatic heterocycles. The fraction of sp³-hybridized carbons (Fsp3) is 0.125. The second kappa shape index (κ2) is 6.54. The van der Waals surface area contributed by atoms with Gasteiger partial charge in [-0.2, -0.15) is 0 Å². The summed E-state index contributed by atoms with van der Waals surface area (Å²) in [5.74, 6) is -1.39. The fourth-order valence-corrected chi connectivity index (χ4v) is 2.12. The molecule has 2 N–H and O–H groups in total. The number of hydrogen-bond donors (Lipinski definition) is 2. The molecule has 4 nitrogen and oxygen atoms in total. The number of rotatable bonds is 2. The Labute approximate surface area is 131 Å². The van der Waals surface area contributed by atoms with Crippen molar-refractivity contribution in [2.45, 2.75) is 13.8 Å². The molecule has 0 aliphatic rings.